The molecule has 66 valence electrons. The van der Waals surface area contributed by atoms with E-state index in [1.807, 2.05) is 0 Å². The predicted molar refractivity (Wildman–Crippen MR) is 55.1 cm³/mol. The Morgan fingerprint density at radius 3 is 2.25 bits per heavy atom. The Bertz CT molecular complexity index is 245. The molecule has 1 aliphatic carbocycles. The third-order valence-corrected chi connectivity index (χ3v) is 2.34. The Balaban J connectivity index is 2.75. The van der Waals surface area contributed by atoms with Crippen molar-refractivity contribution in [3.05, 3.63) is 34.9 Å². The summed E-state index contributed by atoms with van der Waals surface area (Å²) in [6, 6.07) is 0. The van der Waals surface area contributed by atoms with E-state index in [1.54, 1.807) is 0 Å². The molecule has 1 aliphatic rings. The van der Waals surface area contributed by atoms with Crippen LogP contribution in [0.15, 0.2) is 34.9 Å². The molecule has 0 bridgehead atoms. The fourth-order valence-corrected chi connectivity index (χ4v) is 1.36. The Kier molecular flexibility index (Phi) is 2.91. The molecule has 0 radical (unpaired) electrons. The van der Waals surface area contributed by atoms with Crippen LogP contribution in [0, 0.1) is 5.92 Å². The van der Waals surface area contributed by atoms with Gasteiger partial charge in [0.1, 0.15) is 0 Å². The van der Waals surface area contributed by atoms with Gasteiger partial charge >= 0.3 is 0 Å². The molecular formula is C12H18. The molecule has 1 rings (SSSR count). The minimum absolute atomic E-state index is 0.667. The van der Waals surface area contributed by atoms with E-state index >= 15 is 0 Å². The van der Waals surface area contributed by atoms with E-state index < -0.39 is 0 Å². The average Bonchev–Trinajstić information content (AvgIpc) is 2.04. The lowest BCUT2D eigenvalue weighted by Crippen LogP contribution is -1.96. The van der Waals surface area contributed by atoms with Crippen LogP contribution in [-0.2, 0) is 0 Å². The Hall–Kier alpha value is -0.780. The van der Waals surface area contributed by atoms with Crippen molar-refractivity contribution in [3.63, 3.8) is 0 Å². The monoisotopic (exact) mass is 162 g/mol. The first-order valence-electron chi connectivity index (χ1n) is 4.65. The molecule has 0 aromatic rings. The molecule has 0 amide bonds. The van der Waals surface area contributed by atoms with Gasteiger partial charge in [-0.3, -0.25) is 0 Å². The van der Waals surface area contributed by atoms with Crippen LogP contribution in [0.3, 0.4) is 0 Å². The summed E-state index contributed by atoms with van der Waals surface area (Å²) in [5.41, 5.74) is 4.38. The smallest absolute Gasteiger partial charge is 0.00922 e. The molecule has 0 spiro atoms. The second kappa shape index (κ2) is 3.75. The van der Waals surface area contributed by atoms with Crippen molar-refractivity contribution in [2.75, 3.05) is 0 Å². The van der Waals surface area contributed by atoms with Crippen molar-refractivity contribution in [2.24, 2.45) is 5.92 Å². The maximum atomic E-state index is 2.34. The third kappa shape index (κ3) is 2.10. The van der Waals surface area contributed by atoms with Crippen LogP contribution in [-0.4, -0.2) is 0 Å². The van der Waals surface area contributed by atoms with Gasteiger partial charge in [0.05, 0.1) is 0 Å². The lowest BCUT2D eigenvalue weighted by molar-refractivity contribution is 0.782. The topological polar surface area (TPSA) is 0 Å². The van der Waals surface area contributed by atoms with Crippen LogP contribution in [0.25, 0.3) is 0 Å². The van der Waals surface area contributed by atoms with E-state index in [9.17, 15) is 0 Å². The van der Waals surface area contributed by atoms with Crippen molar-refractivity contribution in [2.45, 2.75) is 34.1 Å². The summed E-state index contributed by atoms with van der Waals surface area (Å²) >= 11 is 0. The van der Waals surface area contributed by atoms with E-state index in [-0.39, 0.29) is 0 Å². The first kappa shape index (κ1) is 9.31. The van der Waals surface area contributed by atoms with E-state index in [0.717, 1.165) is 6.42 Å². The van der Waals surface area contributed by atoms with Crippen LogP contribution < -0.4 is 0 Å². The summed E-state index contributed by atoms with van der Waals surface area (Å²) in [6.07, 6.45) is 7.96. The highest BCUT2D eigenvalue weighted by Crippen LogP contribution is 2.22. The standard InChI is InChI=1S/C12H18/c1-9(2)11-5-7-12(8-6-11)10(3)4/h5-7,9H,8H2,1-4H3. The van der Waals surface area contributed by atoms with Gasteiger partial charge in [-0.15, -0.1) is 0 Å². The molecule has 0 heterocycles. The normalized spacial score (nSPS) is 16.8. The zero-order valence-corrected chi connectivity index (χ0v) is 8.52. The van der Waals surface area contributed by atoms with Crippen LogP contribution in [0.5, 0.6) is 0 Å². The van der Waals surface area contributed by atoms with Crippen LogP contribution >= 0.6 is 0 Å². The van der Waals surface area contributed by atoms with Crippen molar-refractivity contribution in [1.29, 1.82) is 0 Å². The minimum Gasteiger partial charge on any atom is -0.0767 e. The number of hydrogen-bond acceptors (Lipinski definition) is 0. The quantitative estimate of drug-likeness (QED) is 0.549. The lowest BCUT2D eigenvalue weighted by atomic mass is 9.93. The van der Waals surface area contributed by atoms with E-state index in [2.05, 4.69) is 45.9 Å². The van der Waals surface area contributed by atoms with Crippen LogP contribution in [0.1, 0.15) is 34.1 Å². The first-order chi connectivity index (χ1) is 5.61. The number of rotatable bonds is 1. The highest BCUT2D eigenvalue weighted by molar-refractivity contribution is 5.38. The largest absolute Gasteiger partial charge is 0.0767 e. The van der Waals surface area contributed by atoms with Gasteiger partial charge in [-0.25, -0.2) is 0 Å². The maximum absolute atomic E-state index is 2.34. The Labute approximate surface area is 75.7 Å². The lowest BCUT2D eigenvalue weighted by Gasteiger charge is -2.13. The first-order valence-corrected chi connectivity index (χ1v) is 4.65. The molecule has 0 saturated carbocycles. The van der Waals surface area contributed by atoms with E-state index in [0.29, 0.717) is 5.92 Å². The molecule has 0 unspecified atom stereocenters. The molecule has 0 atom stereocenters. The Morgan fingerprint density at radius 2 is 1.92 bits per heavy atom. The molecule has 0 N–H and O–H groups in total. The van der Waals surface area contributed by atoms with Gasteiger partial charge in [0.25, 0.3) is 0 Å². The maximum Gasteiger partial charge on any atom is -0.00922 e. The highest BCUT2D eigenvalue weighted by atomic mass is 14.1. The van der Waals surface area contributed by atoms with Crippen LogP contribution in [0.2, 0.25) is 0 Å². The summed E-state index contributed by atoms with van der Waals surface area (Å²) in [4.78, 5) is 0. The molecule has 0 saturated heterocycles. The third-order valence-electron chi connectivity index (χ3n) is 2.34. The fraction of sp³-hybridized carbons (Fsp3) is 0.500. The summed E-state index contributed by atoms with van der Waals surface area (Å²) in [5, 5.41) is 0. The van der Waals surface area contributed by atoms with Gasteiger partial charge in [-0.1, -0.05) is 37.6 Å². The minimum atomic E-state index is 0.667. The van der Waals surface area contributed by atoms with Gasteiger partial charge in [0.2, 0.25) is 0 Å². The van der Waals surface area contributed by atoms with E-state index in [1.165, 1.54) is 16.7 Å². The zero-order chi connectivity index (χ0) is 9.14. The van der Waals surface area contributed by atoms with Gasteiger partial charge in [0, 0.05) is 0 Å². The van der Waals surface area contributed by atoms with Gasteiger partial charge < -0.3 is 0 Å². The van der Waals surface area contributed by atoms with Crippen molar-refractivity contribution >= 4 is 0 Å². The Morgan fingerprint density at radius 1 is 1.25 bits per heavy atom. The zero-order valence-electron chi connectivity index (χ0n) is 8.52. The van der Waals surface area contributed by atoms with E-state index in [4.69, 9.17) is 0 Å². The van der Waals surface area contributed by atoms with Gasteiger partial charge in [0.15, 0.2) is 0 Å². The number of hydrogen-bond donors (Lipinski definition) is 0. The highest BCUT2D eigenvalue weighted by Gasteiger charge is 2.04. The summed E-state index contributed by atoms with van der Waals surface area (Å²) in [7, 11) is 0. The molecule has 0 aromatic heterocycles. The van der Waals surface area contributed by atoms with Crippen molar-refractivity contribution < 1.29 is 0 Å². The molecule has 12 heavy (non-hydrogen) atoms. The van der Waals surface area contributed by atoms with Crippen molar-refractivity contribution in [1.82, 2.24) is 0 Å². The molecule has 0 heteroatoms. The predicted octanol–water partition coefficient (Wildman–Crippen LogP) is 3.87. The number of allylic oxidation sites excluding steroid dienone is 6. The summed E-state index contributed by atoms with van der Waals surface area (Å²) in [6.45, 7) is 8.83. The molecular weight excluding hydrogens is 144 g/mol. The summed E-state index contributed by atoms with van der Waals surface area (Å²) < 4.78 is 0. The van der Waals surface area contributed by atoms with Crippen LogP contribution in [0.4, 0.5) is 0 Å². The molecule has 0 nitrogen and oxygen atoms in total. The van der Waals surface area contributed by atoms with Crippen molar-refractivity contribution in [3.8, 4) is 0 Å². The average molecular weight is 162 g/mol. The van der Waals surface area contributed by atoms with Gasteiger partial charge in [-0.2, -0.15) is 0 Å². The molecule has 0 fully saturated rings. The summed E-state index contributed by atoms with van der Waals surface area (Å²) in [5.74, 6) is 0.667. The fourth-order valence-electron chi connectivity index (χ4n) is 1.36. The molecule has 0 aromatic carbocycles. The second-order valence-electron chi connectivity index (χ2n) is 3.92. The molecule has 0 aliphatic heterocycles. The second-order valence-corrected chi connectivity index (χ2v) is 3.92. The SMILES string of the molecule is CC(C)=C1C=CC(C(C)C)=CC1. The van der Waals surface area contributed by atoms with Gasteiger partial charge in [-0.05, 0) is 37.3 Å².